The number of fused-ring (bicyclic) bond motifs is 9. The van der Waals surface area contributed by atoms with Gasteiger partial charge in [0.2, 0.25) is 0 Å². The summed E-state index contributed by atoms with van der Waals surface area (Å²) < 4.78 is 53.7. The third-order valence-corrected chi connectivity index (χ3v) is 10.7. The fourth-order valence-electron chi connectivity index (χ4n) is 7.27. The molecule has 51 heavy (non-hydrogen) atoms. The van der Waals surface area contributed by atoms with Gasteiger partial charge in [0.25, 0.3) is 0 Å². The molecule has 0 saturated heterocycles. The average molecular weight is 676 g/mol. The van der Waals surface area contributed by atoms with Gasteiger partial charge in [0.15, 0.2) is 17.5 Å². The predicted octanol–water partition coefficient (Wildman–Crippen LogP) is 12.2. The van der Waals surface area contributed by atoms with Crippen molar-refractivity contribution < 1.29 is 11.3 Å². The van der Waals surface area contributed by atoms with Crippen molar-refractivity contribution in [3.05, 3.63) is 158 Å². The van der Waals surface area contributed by atoms with Crippen LogP contribution in [0.4, 0.5) is 0 Å². The van der Waals surface area contributed by atoms with Crippen LogP contribution in [0.2, 0.25) is 0 Å². The van der Waals surface area contributed by atoms with Gasteiger partial charge in [0.1, 0.15) is 11.2 Å². The molecular formula is C45H26N4OS. The Labute approximate surface area is 302 Å². The summed E-state index contributed by atoms with van der Waals surface area (Å²) in [7, 11) is 0. The Morgan fingerprint density at radius 3 is 1.98 bits per heavy atom. The first kappa shape index (κ1) is 23.7. The van der Waals surface area contributed by atoms with Gasteiger partial charge in [-0.1, -0.05) is 96.9 Å². The van der Waals surface area contributed by atoms with E-state index in [1.165, 1.54) is 10.8 Å². The summed E-state index contributed by atoms with van der Waals surface area (Å²) in [6.07, 6.45) is 0. The summed E-state index contributed by atoms with van der Waals surface area (Å²) in [6.45, 7) is 0. The summed E-state index contributed by atoms with van der Waals surface area (Å²) >= 11 is 1.70. The Balaban J connectivity index is 1.14. The minimum Gasteiger partial charge on any atom is -0.455 e. The molecule has 6 heteroatoms. The zero-order valence-corrected chi connectivity index (χ0v) is 27.5. The number of aromatic nitrogens is 4. The largest absolute Gasteiger partial charge is 0.455 e. The normalized spacial score (nSPS) is 13.3. The lowest BCUT2D eigenvalue weighted by molar-refractivity contribution is 0.669. The number of para-hydroxylation sites is 3. The number of hydrogen-bond donors (Lipinski definition) is 0. The number of rotatable bonds is 4. The molecule has 0 aliphatic carbocycles. The van der Waals surface area contributed by atoms with Crippen LogP contribution in [0.15, 0.2) is 162 Å². The highest BCUT2D eigenvalue weighted by molar-refractivity contribution is 7.25. The van der Waals surface area contributed by atoms with Crippen molar-refractivity contribution in [2.24, 2.45) is 0 Å². The van der Waals surface area contributed by atoms with Gasteiger partial charge >= 0.3 is 0 Å². The van der Waals surface area contributed by atoms with Crippen LogP contribution >= 0.6 is 11.3 Å². The molecule has 0 bridgehead atoms. The Morgan fingerprint density at radius 2 is 1.18 bits per heavy atom. The Bertz CT molecular complexity index is 3380. The molecule has 0 spiro atoms. The van der Waals surface area contributed by atoms with Crippen LogP contribution in [0.25, 0.3) is 104 Å². The van der Waals surface area contributed by atoms with Crippen molar-refractivity contribution in [3.63, 3.8) is 0 Å². The second kappa shape index (κ2) is 10.9. The van der Waals surface area contributed by atoms with E-state index < -0.39 is 30.2 Å². The van der Waals surface area contributed by atoms with Crippen molar-refractivity contribution in [2.45, 2.75) is 0 Å². The quantitative estimate of drug-likeness (QED) is 0.186. The average Bonchev–Trinajstić information content (AvgIpc) is 3.91. The third kappa shape index (κ3) is 4.37. The molecule has 4 aromatic heterocycles. The molecule has 4 heterocycles. The molecule has 11 rings (SSSR count). The van der Waals surface area contributed by atoms with E-state index in [4.69, 9.17) is 26.2 Å². The summed E-state index contributed by atoms with van der Waals surface area (Å²) in [5.41, 5.74) is 5.63. The van der Waals surface area contributed by atoms with Crippen LogP contribution in [-0.4, -0.2) is 19.5 Å². The monoisotopic (exact) mass is 675 g/mol. The summed E-state index contributed by atoms with van der Waals surface area (Å²) in [6, 6.07) is 40.8. The van der Waals surface area contributed by atoms with Gasteiger partial charge < -0.3 is 8.98 Å². The highest BCUT2D eigenvalue weighted by Gasteiger charge is 2.19. The fourth-order valence-corrected chi connectivity index (χ4v) is 8.35. The summed E-state index contributed by atoms with van der Waals surface area (Å²) in [5.74, 6) is 0.522. The first-order valence-corrected chi connectivity index (χ1v) is 17.3. The van der Waals surface area contributed by atoms with Gasteiger partial charge in [-0.15, -0.1) is 11.3 Å². The maximum absolute atomic E-state index is 8.79. The van der Waals surface area contributed by atoms with Gasteiger partial charge in [-0.05, 0) is 60.7 Å². The summed E-state index contributed by atoms with van der Waals surface area (Å²) in [4.78, 5) is 14.6. The minimum absolute atomic E-state index is 0.0287. The zero-order chi connectivity index (χ0) is 37.8. The van der Waals surface area contributed by atoms with Crippen LogP contribution in [0.5, 0.6) is 0 Å². The third-order valence-electron chi connectivity index (χ3n) is 9.55. The molecule has 0 amide bonds. The van der Waals surface area contributed by atoms with Crippen molar-refractivity contribution in [3.8, 4) is 39.9 Å². The standard InChI is InChI=1S/C45H26N4OS/c1-2-11-27(12-3-1)43-46-44(28-21-24-41-36(25-28)32-15-6-9-20-40(32)51-41)48-45(47-43)34-17-10-16-33-35-26-29(22-23-39(35)50-42(33)34)49-37-18-7-4-13-30(37)31-14-5-8-19-38(31)49/h1-26H/i1D,2D,3D,11D,12D. The van der Waals surface area contributed by atoms with Gasteiger partial charge in [0, 0.05) is 58.5 Å². The van der Waals surface area contributed by atoms with Crippen molar-refractivity contribution in [1.82, 2.24) is 19.5 Å². The van der Waals surface area contributed by atoms with E-state index in [1.807, 2.05) is 54.6 Å². The van der Waals surface area contributed by atoms with E-state index in [0.29, 0.717) is 28.1 Å². The molecule has 0 saturated carbocycles. The van der Waals surface area contributed by atoms with E-state index in [2.05, 4.69) is 77.4 Å². The van der Waals surface area contributed by atoms with E-state index in [9.17, 15) is 0 Å². The topological polar surface area (TPSA) is 56.7 Å². The van der Waals surface area contributed by atoms with Gasteiger partial charge in [0.05, 0.1) is 23.5 Å². The second-order valence-corrected chi connectivity index (χ2v) is 13.5. The molecule has 0 aliphatic rings. The molecule has 0 atom stereocenters. The molecule has 0 aliphatic heterocycles. The van der Waals surface area contributed by atoms with Gasteiger partial charge in [-0.2, -0.15) is 0 Å². The van der Waals surface area contributed by atoms with E-state index in [-0.39, 0.29) is 17.2 Å². The van der Waals surface area contributed by atoms with Crippen LogP contribution in [0.1, 0.15) is 6.85 Å². The first-order chi connectivity index (χ1) is 27.3. The second-order valence-electron chi connectivity index (χ2n) is 12.4. The number of nitrogens with zero attached hydrogens (tertiary/aromatic N) is 4. The number of thiophene rings is 1. The van der Waals surface area contributed by atoms with E-state index in [0.717, 1.165) is 47.7 Å². The Hall–Kier alpha value is -6.63. The van der Waals surface area contributed by atoms with Gasteiger partial charge in [-0.25, -0.2) is 15.0 Å². The highest BCUT2D eigenvalue weighted by Crippen LogP contribution is 2.40. The molecule has 0 N–H and O–H groups in total. The van der Waals surface area contributed by atoms with Crippen molar-refractivity contribution >= 4 is 75.3 Å². The number of hydrogen-bond acceptors (Lipinski definition) is 5. The van der Waals surface area contributed by atoms with E-state index >= 15 is 0 Å². The molecule has 5 nitrogen and oxygen atoms in total. The SMILES string of the molecule is [2H]c1c([2H])c([2H])c(-c2nc(-c3ccc4sc5ccccc5c4c3)nc(-c3cccc4c3oc3ccc(-n5c6ccccc6c6ccccc65)cc34)n2)c([2H])c1[2H]. The lowest BCUT2D eigenvalue weighted by Crippen LogP contribution is -2.00. The Morgan fingerprint density at radius 1 is 0.510 bits per heavy atom. The Kier molecular flexibility index (Phi) is 5.08. The lowest BCUT2D eigenvalue weighted by Gasteiger charge is -2.09. The van der Waals surface area contributed by atoms with Crippen LogP contribution in [0.3, 0.4) is 0 Å². The van der Waals surface area contributed by atoms with Crippen LogP contribution in [-0.2, 0) is 0 Å². The molecule has 11 aromatic rings. The van der Waals surface area contributed by atoms with Crippen LogP contribution in [0, 0.1) is 0 Å². The lowest BCUT2D eigenvalue weighted by atomic mass is 10.1. The highest BCUT2D eigenvalue weighted by atomic mass is 32.1. The maximum atomic E-state index is 8.79. The minimum atomic E-state index is -0.486. The number of benzene rings is 7. The predicted molar refractivity (Wildman–Crippen MR) is 211 cm³/mol. The maximum Gasteiger partial charge on any atom is 0.167 e. The van der Waals surface area contributed by atoms with Crippen molar-refractivity contribution in [2.75, 3.05) is 0 Å². The molecule has 0 unspecified atom stereocenters. The fraction of sp³-hybridized carbons (Fsp3) is 0. The summed E-state index contributed by atoms with van der Waals surface area (Å²) in [5, 5.41) is 6.28. The zero-order valence-electron chi connectivity index (χ0n) is 31.7. The number of furan rings is 1. The molecule has 238 valence electrons. The molecule has 7 aromatic carbocycles. The molecule has 0 radical (unpaired) electrons. The smallest absolute Gasteiger partial charge is 0.167 e. The first-order valence-electron chi connectivity index (χ1n) is 19.0. The molecule has 0 fully saturated rings. The van der Waals surface area contributed by atoms with E-state index in [1.54, 1.807) is 11.3 Å². The van der Waals surface area contributed by atoms with Gasteiger partial charge in [-0.3, -0.25) is 0 Å². The van der Waals surface area contributed by atoms with Crippen molar-refractivity contribution in [1.29, 1.82) is 0 Å². The molecular weight excluding hydrogens is 645 g/mol. The van der Waals surface area contributed by atoms with Crippen LogP contribution < -0.4 is 0 Å².